The summed E-state index contributed by atoms with van der Waals surface area (Å²) in [4.78, 5) is 24.4. The third-order valence-corrected chi connectivity index (χ3v) is 4.28. The first kappa shape index (κ1) is 19.2. The van der Waals surface area contributed by atoms with Gasteiger partial charge >= 0.3 is 12.0 Å². The van der Waals surface area contributed by atoms with Crippen LogP contribution in [0.15, 0.2) is 78.5 Å². The second-order valence-electron chi connectivity index (χ2n) is 6.30. The molecule has 0 bridgehead atoms. The van der Waals surface area contributed by atoms with Gasteiger partial charge in [0, 0.05) is 5.70 Å². The van der Waals surface area contributed by atoms with E-state index in [9.17, 15) is 9.59 Å². The Hall–Kier alpha value is -3.54. The van der Waals surface area contributed by atoms with Crippen LogP contribution in [0.3, 0.4) is 0 Å². The molecule has 0 fully saturated rings. The van der Waals surface area contributed by atoms with Gasteiger partial charge in [-0.3, -0.25) is 0 Å². The van der Waals surface area contributed by atoms with E-state index in [-0.39, 0.29) is 12.6 Å². The highest BCUT2D eigenvalue weighted by molar-refractivity contribution is 5.95. The highest BCUT2D eigenvalue weighted by Crippen LogP contribution is 2.29. The van der Waals surface area contributed by atoms with Crippen molar-refractivity contribution in [2.45, 2.75) is 19.6 Å². The van der Waals surface area contributed by atoms with Gasteiger partial charge in [0.05, 0.1) is 11.6 Å². The topological polar surface area (TPSA) is 76.7 Å². The van der Waals surface area contributed by atoms with Crippen molar-refractivity contribution in [3.63, 3.8) is 0 Å². The number of esters is 1. The van der Waals surface area contributed by atoms with Crippen molar-refractivity contribution in [1.82, 2.24) is 10.6 Å². The van der Waals surface area contributed by atoms with Gasteiger partial charge in [-0.15, -0.1) is 0 Å². The third-order valence-electron chi connectivity index (χ3n) is 4.28. The van der Waals surface area contributed by atoms with Crippen LogP contribution in [0.2, 0.25) is 0 Å². The van der Waals surface area contributed by atoms with Gasteiger partial charge in [-0.2, -0.15) is 0 Å². The minimum Gasteiger partial charge on any atom is -0.489 e. The Morgan fingerprint density at radius 1 is 1.14 bits per heavy atom. The summed E-state index contributed by atoms with van der Waals surface area (Å²) in [6.07, 6.45) is 1.50. The van der Waals surface area contributed by atoms with Crippen LogP contribution in [-0.4, -0.2) is 18.6 Å². The average Bonchev–Trinajstić information content (AvgIpc) is 2.71. The first-order chi connectivity index (χ1) is 13.6. The number of amides is 2. The largest absolute Gasteiger partial charge is 0.489 e. The summed E-state index contributed by atoms with van der Waals surface area (Å²) in [6.45, 7) is 5.78. The van der Waals surface area contributed by atoms with Gasteiger partial charge in [-0.1, -0.05) is 55.1 Å². The Morgan fingerprint density at radius 3 is 2.54 bits per heavy atom. The Balaban J connectivity index is 1.76. The molecular weight excluding hydrogens is 356 g/mol. The van der Waals surface area contributed by atoms with Gasteiger partial charge in [0.1, 0.15) is 19.0 Å². The smallest absolute Gasteiger partial charge is 0.338 e. The quantitative estimate of drug-likeness (QED) is 0.570. The van der Waals surface area contributed by atoms with E-state index in [1.807, 2.05) is 54.6 Å². The van der Waals surface area contributed by atoms with E-state index in [0.717, 1.165) is 11.1 Å². The maximum atomic E-state index is 12.4. The maximum absolute atomic E-state index is 12.4. The molecule has 6 heteroatoms. The SMILES string of the molecule is C=CCOC(=O)C1=C(C)NC(=O)NC1c1ccc(OCc2ccccc2)cc1. The van der Waals surface area contributed by atoms with Crippen molar-refractivity contribution in [3.8, 4) is 5.75 Å². The lowest BCUT2D eigenvalue weighted by molar-refractivity contribution is -0.138. The van der Waals surface area contributed by atoms with Crippen molar-refractivity contribution in [2.24, 2.45) is 0 Å². The van der Waals surface area contributed by atoms with Crippen LogP contribution in [0.25, 0.3) is 0 Å². The van der Waals surface area contributed by atoms with Crippen molar-refractivity contribution < 1.29 is 19.1 Å². The predicted molar refractivity (Wildman–Crippen MR) is 105 cm³/mol. The number of hydrogen-bond donors (Lipinski definition) is 2. The van der Waals surface area contributed by atoms with Crippen molar-refractivity contribution in [3.05, 3.63) is 89.6 Å². The van der Waals surface area contributed by atoms with Crippen LogP contribution in [-0.2, 0) is 16.1 Å². The highest BCUT2D eigenvalue weighted by Gasteiger charge is 2.32. The van der Waals surface area contributed by atoms with Crippen molar-refractivity contribution in [1.29, 1.82) is 0 Å². The van der Waals surface area contributed by atoms with E-state index >= 15 is 0 Å². The molecular formula is C22H22N2O4. The Bertz CT molecular complexity index is 889. The molecule has 6 nitrogen and oxygen atoms in total. The van der Waals surface area contributed by atoms with Crippen LogP contribution in [0.4, 0.5) is 4.79 Å². The van der Waals surface area contributed by atoms with E-state index in [1.165, 1.54) is 6.08 Å². The van der Waals surface area contributed by atoms with E-state index in [1.54, 1.807) is 6.92 Å². The van der Waals surface area contributed by atoms with Gasteiger partial charge in [-0.25, -0.2) is 9.59 Å². The van der Waals surface area contributed by atoms with Gasteiger partial charge < -0.3 is 20.1 Å². The summed E-state index contributed by atoms with van der Waals surface area (Å²) in [5.74, 6) is 0.198. The normalized spacial score (nSPS) is 16.0. The fourth-order valence-corrected chi connectivity index (χ4v) is 2.92. The molecule has 0 aromatic heterocycles. The number of carbonyl (C=O) groups is 2. The molecule has 0 aliphatic carbocycles. The standard InChI is InChI=1S/C22H22N2O4/c1-3-13-27-21(25)19-15(2)23-22(26)24-20(19)17-9-11-18(12-10-17)28-14-16-7-5-4-6-8-16/h3-12,20H,1,13-14H2,2H3,(H2,23,24,26). The minimum absolute atomic E-state index is 0.0997. The molecule has 1 aliphatic heterocycles. The van der Waals surface area contributed by atoms with Gasteiger partial charge in [0.25, 0.3) is 0 Å². The Kier molecular flexibility index (Phi) is 6.11. The molecule has 28 heavy (non-hydrogen) atoms. The lowest BCUT2D eigenvalue weighted by Crippen LogP contribution is -2.45. The molecule has 2 aromatic carbocycles. The average molecular weight is 378 g/mol. The molecule has 1 unspecified atom stereocenters. The summed E-state index contributed by atoms with van der Waals surface area (Å²) in [6, 6.07) is 16.2. The zero-order valence-electron chi connectivity index (χ0n) is 15.6. The molecule has 2 amide bonds. The molecule has 1 heterocycles. The second-order valence-corrected chi connectivity index (χ2v) is 6.30. The summed E-state index contributed by atoms with van der Waals surface area (Å²) < 4.78 is 11.0. The zero-order chi connectivity index (χ0) is 19.9. The summed E-state index contributed by atoms with van der Waals surface area (Å²) >= 11 is 0. The van der Waals surface area contributed by atoms with Gasteiger partial charge in [-0.05, 0) is 30.2 Å². The summed E-state index contributed by atoms with van der Waals surface area (Å²) in [5.41, 5.74) is 2.65. The number of carbonyl (C=O) groups excluding carboxylic acids is 2. The van der Waals surface area contributed by atoms with Crippen LogP contribution in [0.5, 0.6) is 5.75 Å². The van der Waals surface area contributed by atoms with Crippen molar-refractivity contribution >= 4 is 12.0 Å². The monoisotopic (exact) mass is 378 g/mol. The first-order valence-electron chi connectivity index (χ1n) is 8.91. The van der Waals surface area contributed by atoms with E-state index in [4.69, 9.17) is 9.47 Å². The summed E-state index contributed by atoms with van der Waals surface area (Å²) in [5, 5.41) is 5.39. The van der Waals surface area contributed by atoms with E-state index in [2.05, 4.69) is 17.2 Å². The highest BCUT2D eigenvalue weighted by atomic mass is 16.5. The number of benzene rings is 2. The third kappa shape index (κ3) is 4.59. The number of rotatable bonds is 7. The molecule has 2 aromatic rings. The van der Waals surface area contributed by atoms with Crippen molar-refractivity contribution in [2.75, 3.05) is 6.61 Å². The molecule has 0 saturated heterocycles. The maximum Gasteiger partial charge on any atom is 0.338 e. The lowest BCUT2D eigenvalue weighted by atomic mass is 9.95. The lowest BCUT2D eigenvalue weighted by Gasteiger charge is -2.28. The van der Waals surface area contributed by atoms with Crippen LogP contribution >= 0.6 is 0 Å². The molecule has 144 valence electrons. The number of hydrogen-bond acceptors (Lipinski definition) is 4. The molecule has 0 spiro atoms. The molecule has 2 N–H and O–H groups in total. The zero-order valence-corrected chi connectivity index (χ0v) is 15.6. The van der Waals surface area contributed by atoms with Gasteiger partial charge in [0.15, 0.2) is 0 Å². The molecule has 0 saturated carbocycles. The van der Waals surface area contributed by atoms with Crippen LogP contribution in [0, 0.1) is 0 Å². The summed E-state index contributed by atoms with van der Waals surface area (Å²) in [7, 11) is 0. The number of allylic oxidation sites excluding steroid dienone is 1. The Morgan fingerprint density at radius 2 is 1.86 bits per heavy atom. The minimum atomic E-state index is -0.603. The number of urea groups is 1. The molecule has 1 atom stereocenters. The molecule has 3 rings (SSSR count). The predicted octanol–water partition coefficient (Wildman–Crippen LogP) is 3.62. The van der Waals surface area contributed by atoms with Gasteiger partial charge in [0.2, 0.25) is 0 Å². The molecule has 0 radical (unpaired) electrons. The van der Waals surface area contributed by atoms with E-state index < -0.39 is 12.0 Å². The number of ether oxygens (including phenoxy) is 2. The molecule has 1 aliphatic rings. The first-order valence-corrected chi connectivity index (χ1v) is 8.91. The Labute approximate surface area is 163 Å². The fourth-order valence-electron chi connectivity index (χ4n) is 2.92. The van der Waals surface area contributed by atoms with Crippen LogP contribution < -0.4 is 15.4 Å². The number of nitrogens with one attached hydrogen (secondary N) is 2. The second kappa shape index (κ2) is 8.90. The van der Waals surface area contributed by atoms with Crippen LogP contribution in [0.1, 0.15) is 24.1 Å². The fraction of sp³-hybridized carbons (Fsp3) is 0.182. The van der Waals surface area contributed by atoms with E-state index in [0.29, 0.717) is 23.6 Å².